The van der Waals surface area contributed by atoms with Gasteiger partial charge in [-0.25, -0.2) is 0 Å². The van der Waals surface area contributed by atoms with Crippen LogP contribution in [0.1, 0.15) is 38.3 Å². The molecule has 2 atom stereocenters. The lowest BCUT2D eigenvalue weighted by Crippen LogP contribution is -2.41. The molecule has 112 valence electrons. The third-order valence-corrected chi connectivity index (χ3v) is 4.25. The minimum absolute atomic E-state index is 0.206. The van der Waals surface area contributed by atoms with E-state index in [1.807, 2.05) is 46.4 Å². The van der Waals surface area contributed by atoms with E-state index >= 15 is 0 Å². The highest BCUT2D eigenvalue weighted by Crippen LogP contribution is 2.22. The van der Waals surface area contributed by atoms with Crippen molar-refractivity contribution in [1.82, 2.24) is 19.2 Å². The van der Waals surface area contributed by atoms with Crippen molar-refractivity contribution < 1.29 is 4.79 Å². The van der Waals surface area contributed by atoms with Crippen LogP contribution in [0, 0.1) is 0 Å². The highest BCUT2D eigenvalue weighted by molar-refractivity contribution is 5.76. The molecule has 0 aromatic carbocycles. The monoisotopic (exact) mass is 286 g/mol. The number of rotatable bonds is 4. The van der Waals surface area contributed by atoms with E-state index in [9.17, 15) is 4.79 Å². The first-order valence-electron chi connectivity index (χ1n) is 7.63. The van der Waals surface area contributed by atoms with Crippen molar-refractivity contribution in [1.29, 1.82) is 0 Å². The number of carbonyl (C=O) groups is 1. The summed E-state index contributed by atoms with van der Waals surface area (Å²) in [5.41, 5.74) is 0. The van der Waals surface area contributed by atoms with Crippen molar-refractivity contribution in [2.75, 3.05) is 13.1 Å². The van der Waals surface area contributed by atoms with Crippen molar-refractivity contribution >= 4 is 5.91 Å². The fourth-order valence-corrected chi connectivity index (χ4v) is 3.02. The summed E-state index contributed by atoms with van der Waals surface area (Å²) < 4.78 is 4.07. The summed E-state index contributed by atoms with van der Waals surface area (Å²) >= 11 is 0. The maximum atomic E-state index is 12.5. The largest absolute Gasteiger partial charge is 0.351 e. The second-order valence-corrected chi connectivity index (χ2v) is 5.81. The zero-order valence-electron chi connectivity index (χ0n) is 12.4. The van der Waals surface area contributed by atoms with E-state index in [4.69, 9.17) is 0 Å². The average Bonchev–Trinajstić information content (AvgIpc) is 3.20. The molecule has 0 unspecified atom stereocenters. The Morgan fingerprint density at radius 2 is 2.10 bits per heavy atom. The third-order valence-electron chi connectivity index (χ3n) is 4.25. The van der Waals surface area contributed by atoms with E-state index in [1.54, 1.807) is 6.20 Å². The van der Waals surface area contributed by atoms with Gasteiger partial charge in [0.1, 0.15) is 0 Å². The van der Waals surface area contributed by atoms with E-state index in [0.29, 0.717) is 12.5 Å². The fourth-order valence-electron chi connectivity index (χ4n) is 3.02. The Hall–Kier alpha value is -2.04. The number of carbonyl (C=O) groups excluding carboxylic acids is 1. The number of hydrogen-bond donors (Lipinski definition) is 0. The van der Waals surface area contributed by atoms with Crippen molar-refractivity contribution in [2.45, 2.75) is 38.3 Å². The smallest absolute Gasteiger partial charge is 0.224 e. The van der Waals surface area contributed by atoms with Gasteiger partial charge in [-0.2, -0.15) is 5.10 Å². The van der Waals surface area contributed by atoms with Crippen LogP contribution in [0.15, 0.2) is 43.0 Å². The van der Waals surface area contributed by atoms with Crippen LogP contribution in [0.4, 0.5) is 0 Å². The van der Waals surface area contributed by atoms with Gasteiger partial charge in [0.05, 0.1) is 6.04 Å². The standard InChI is InChI=1S/C16H22N4O/c1-14(18-8-2-3-9-18)12-16(21)19-10-4-6-15(13-19)20-11-5-7-17-20/h2-3,5,7-9,11,14-15H,4,6,10,12-13H2,1H3/t14-,15-/m0/s1. The van der Waals surface area contributed by atoms with Crippen LogP contribution in [-0.2, 0) is 4.79 Å². The molecule has 21 heavy (non-hydrogen) atoms. The SMILES string of the molecule is C[C@@H](CC(=O)N1CCC[C@H](n2cccn2)C1)n1cccc1. The summed E-state index contributed by atoms with van der Waals surface area (Å²) in [4.78, 5) is 14.5. The molecule has 5 nitrogen and oxygen atoms in total. The van der Waals surface area contributed by atoms with Gasteiger partial charge in [0.25, 0.3) is 0 Å². The lowest BCUT2D eigenvalue weighted by Gasteiger charge is -2.33. The van der Waals surface area contributed by atoms with Crippen LogP contribution < -0.4 is 0 Å². The molecule has 1 fully saturated rings. The van der Waals surface area contributed by atoms with Gasteiger partial charge in [0.15, 0.2) is 0 Å². The molecular weight excluding hydrogens is 264 g/mol. The Balaban J connectivity index is 1.59. The highest BCUT2D eigenvalue weighted by Gasteiger charge is 2.25. The average molecular weight is 286 g/mol. The predicted octanol–water partition coefficient (Wildman–Crippen LogP) is 2.50. The number of piperidine rings is 1. The van der Waals surface area contributed by atoms with Gasteiger partial charge in [0, 0.05) is 50.3 Å². The zero-order valence-corrected chi connectivity index (χ0v) is 12.4. The van der Waals surface area contributed by atoms with E-state index in [2.05, 4.69) is 16.6 Å². The fraction of sp³-hybridized carbons (Fsp3) is 0.500. The molecule has 0 bridgehead atoms. The first-order chi connectivity index (χ1) is 10.2. The van der Waals surface area contributed by atoms with E-state index in [1.165, 1.54) is 0 Å². The normalized spacial score (nSPS) is 20.4. The van der Waals surface area contributed by atoms with Gasteiger partial charge in [-0.15, -0.1) is 0 Å². The van der Waals surface area contributed by atoms with Crippen LogP contribution >= 0.6 is 0 Å². The molecular formula is C16H22N4O. The second-order valence-electron chi connectivity index (χ2n) is 5.81. The molecule has 2 aromatic heterocycles. The van der Waals surface area contributed by atoms with E-state index < -0.39 is 0 Å². The van der Waals surface area contributed by atoms with Gasteiger partial charge in [-0.3, -0.25) is 9.48 Å². The van der Waals surface area contributed by atoms with Crippen molar-refractivity contribution in [3.8, 4) is 0 Å². The molecule has 2 aromatic rings. The van der Waals surface area contributed by atoms with Crippen LogP contribution in [-0.4, -0.2) is 38.2 Å². The first-order valence-corrected chi connectivity index (χ1v) is 7.63. The highest BCUT2D eigenvalue weighted by atomic mass is 16.2. The van der Waals surface area contributed by atoms with Crippen LogP contribution in [0.2, 0.25) is 0 Å². The number of nitrogens with zero attached hydrogens (tertiary/aromatic N) is 4. The van der Waals surface area contributed by atoms with Gasteiger partial charge in [0.2, 0.25) is 5.91 Å². The molecule has 0 N–H and O–H groups in total. The van der Waals surface area contributed by atoms with Crippen molar-refractivity contribution in [3.05, 3.63) is 43.0 Å². The third kappa shape index (κ3) is 3.17. The summed E-state index contributed by atoms with van der Waals surface area (Å²) in [6.07, 6.45) is 10.5. The van der Waals surface area contributed by atoms with E-state index in [-0.39, 0.29) is 11.9 Å². The van der Waals surface area contributed by atoms with Gasteiger partial charge >= 0.3 is 0 Å². The Labute approximate surface area is 125 Å². The molecule has 1 amide bonds. The summed E-state index contributed by atoms with van der Waals surface area (Å²) in [5, 5.41) is 4.31. The molecule has 0 saturated carbocycles. The van der Waals surface area contributed by atoms with Gasteiger partial charge < -0.3 is 9.47 Å². The topological polar surface area (TPSA) is 43.1 Å². The molecule has 5 heteroatoms. The molecule has 0 radical (unpaired) electrons. The lowest BCUT2D eigenvalue weighted by molar-refractivity contribution is -0.133. The quantitative estimate of drug-likeness (QED) is 0.866. The minimum atomic E-state index is 0.206. The molecule has 1 aliphatic rings. The van der Waals surface area contributed by atoms with E-state index in [0.717, 1.165) is 25.9 Å². The number of aromatic nitrogens is 3. The number of likely N-dealkylation sites (tertiary alicyclic amines) is 1. The Kier molecular flexibility index (Phi) is 4.08. The maximum absolute atomic E-state index is 12.5. The molecule has 3 rings (SSSR count). The number of amides is 1. The lowest BCUT2D eigenvalue weighted by atomic mass is 10.0. The number of hydrogen-bond acceptors (Lipinski definition) is 2. The van der Waals surface area contributed by atoms with Crippen molar-refractivity contribution in [2.24, 2.45) is 0 Å². The molecule has 1 aliphatic heterocycles. The Morgan fingerprint density at radius 3 is 2.81 bits per heavy atom. The van der Waals surface area contributed by atoms with Crippen LogP contribution in [0.3, 0.4) is 0 Å². The Bertz CT molecular complexity index is 561. The summed E-state index contributed by atoms with van der Waals surface area (Å²) in [6, 6.07) is 6.46. The molecule has 3 heterocycles. The Morgan fingerprint density at radius 1 is 1.29 bits per heavy atom. The summed E-state index contributed by atoms with van der Waals surface area (Å²) in [6.45, 7) is 3.74. The molecule has 1 saturated heterocycles. The summed E-state index contributed by atoms with van der Waals surface area (Å²) in [7, 11) is 0. The summed E-state index contributed by atoms with van der Waals surface area (Å²) in [5.74, 6) is 0.244. The first kappa shape index (κ1) is 13.9. The van der Waals surface area contributed by atoms with Crippen LogP contribution in [0.5, 0.6) is 0 Å². The minimum Gasteiger partial charge on any atom is -0.351 e. The van der Waals surface area contributed by atoms with Crippen LogP contribution in [0.25, 0.3) is 0 Å². The van der Waals surface area contributed by atoms with Crippen molar-refractivity contribution in [3.63, 3.8) is 0 Å². The zero-order chi connectivity index (χ0) is 14.7. The van der Waals surface area contributed by atoms with Gasteiger partial charge in [-0.05, 0) is 38.0 Å². The second kappa shape index (κ2) is 6.16. The predicted molar refractivity (Wildman–Crippen MR) is 80.8 cm³/mol. The maximum Gasteiger partial charge on any atom is 0.224 e. The van der Waals surface area contributed by atoms with Gasteiger partial charge in [-0.1, -0.05) is 0 Å². The molecule has 0 aliphatic carbocycles. The molecule has 0 spiro atoms.